The summed E-state index contributed by atoms with van der Waals surface area (Å²) < 4.78 is 35.1. The summed E-state index contributed by atoms with van der Waals surface area (Å²) in [5.41, 5.74) is -0.925. The number of rotatable bonds is 5. The first-order valence-electron chi connectivity index (χ1n) is 5.20. The Kier molecular flexibility index (Phi) is 4.87. The fraction of sp³-hybridized carbons (Fsp3) is 0.889. The maximum atomic E-state index is 11.7. The van der Waals surface area contributed by atoms with Crippen molar-refractivity contribution >= 4 is 16.0 Å². The average Bonchev–Trinajstić information content (AvgIpc) is 2.28. The first kappa shape index (κ1) is 14.4. The number of hydrogen-bond acceptors (Lipinski definition) is 6. The van der Waals surface area contributed by atoms with Gasteiger partial charge in [0.25, 0.3) is 0 Å². The molecule has 7 nitrogen and oxygen atoms in total. The van der Waals surface area contributed by atoms with Gasteiger partial charge in [-0.2, -0.15) is 0 Å². The molecule has 100 valence electrons. The molecule has 0 aromatic carbocycles. The molecule has 1 fully saturated rings. The summed E-state index contributed by atoms with van der Waals surface area (Å²) in [6.07, 6.45) is 0.758. The third kappa shape index (κ3) is 4.23. The van der Waals surface area contributed by atoms with E-state index < -0.39 is 27.3 Å². The fourth-order valence-electron chi connectivity index (χ4n) is 1.63. The Balaban J connectivity index is 2.69. The molecule has 0 amide bonds. The van der Waals surface area contributed by atoms with Gasteiger partial charge in [0.2, 0.25) is 10.0 Å². The number of ether oxygens (including phenoxy) is 2. The molecular weight excluding hydrogens is 250 g/mol. The highest BCUT2D eigenvalue weighted by molar-refractivity contribution is 7.90. The fourth-order valence-corrected chi connectivity index (χ4v) is 3.06. The second-order valence-electron chi connectivity index (χ2n) is 3.99. The molecule has 0 aromatic heterocycles. The van der Waals surface area contributed by atoms with Crippen LogP contribution in [0.15, 0.2) is 0 Å². The van der Waals surface area contributed by atoms with E-state index in [0.717, 1.165) is 7.11 Å². The molecule has 0 atom stereocenters. The molecule has 0 aromatic rings. The van der Waals surface area contributed by atoms with Crippen molar-refractivity contribution in [2.45, 2.75) is 18.4 Å². The van der Waals surface area contributed by atoms with Crippen LogP contribution in [0.1, 0.15) is 12.8 Å². The van der Waals surface area contributed by atoms with Crippen LogP contribution in [0.25, 0.3) is 0 Å². The lowest BCUT2D eigenvalue weighted by Crippen LogP contribution is -2.55. The molecule has 1 rings (SSSR count). The summed E-state index contributed by atoms with van der Waals surface area (Å²) in [5, 5.41) is 9.30. The van der Waals surface area contributed by atoms with Gasteiger partial charge in [0.15, 0.2) is 5.75 Å². The number of aliphatic hydroxyl groups is 1. The maximum absolute atomic E-state index is 11.7. The number of hydrogen-bond donors (Lipinski definition) is 2. The summed E-state index contributed by atoms with van der Waals surface area (Å²) in [4.78, 5) is 10.9. The van der Waals surface area contributed by atoms with Crippen molar-refractivity contribution in [2.75, 3.05) is 32.7 Å². The Morgan fingerprint density at radius 1 is 1.47 bits per heavy atom. The van der Waals surface area contributed by atoms with Crippen LogP contribution in [0.4, 0.5) is 0 Å². The number of carbonyl (C=O) groups excluding carboxylic acids is 1. The number of carbonyl (C=O) groups is 1. The topological polar surface area (TPSA) is 102 Å². The second-order valence-corrected chi connectivity index (χ2v) is 5.71. The van der Waals surface area contributed by atoms with E-state index in [1.54, 1.807) is 0 Å². The normalized spacial score (nSPS) is 19.9. The van der Waals surface area contributed by atoms with Crippen molar-refractivity contribution in [1.29, 1.82) is 0 Å². The lowest BCUT2D eigenvalue weighted by atomic mass is 9.93. The van der Waals surface area contributed by atoms with E-state index in [4.69, 9.17) is 4.74 Å². The minimum atomic E-state index is -3.80. The molecular formula is C9H17NO6S. The Morgan fingerprint density at radius 2 is 2.06 bits per heavy atom. The van der Waals surface area contributed by atoms with Gasteiger partial charge in [0.1, 0.15) is 0 Å². The summed E-state index contributed by atoms with van der Waals surface area (Å²) in [6.45, 7) is 0.430. The molecule has 2 N–H and O–H groups in total. The van der Waals surface area contributed by atoms with Crippen LogP contribution >= 0.6 is 0 Å². The van der Waals surface area contributed by atoms with E-state index in [1.807, 2.05) is 0 Å². The molecule has 0 spiro atoms. The number of sulfonamides is 1. The molecule has 0 saturated carbocycles. The molecule has 0 bridgehead atoms. The summed E-state index contributed by atoms with van der Waals surface area (Å²) in [5.74, 6) is -1.58. The van der Waals surface area contributed by atoms with Crippen LogP contribution in [-0.4, -0.2) is 57.7 Å². The lowest BCUT2D eigenvalue weighted by Gasteiger charge is -2.35. The Labute approximate surface area is 100 Å². The van der Waals surface area contributed by atoms with Crippen LogP contribution in [0.3, 0.4) is 0 Å². The molecule has 0 unspecified atom stereocenters. The van der Waals surface area contributed by atoms with E-state index in [1.165, 1.54) is 0 Å². The second kappa shape index (κ2) is 5.76. The van der Waals surface area contributed by atoms with E-state index in [2.05, 4.69) is 9.46 Å². The molecule has 0 aliphatic carbocycles. The SMILES string of the molecule is COC(=O)CS(=O)(=O)NC1(CO)CCOCC1. The molecule has 17 heavy (non-hydrogen) atoms. The van der Waals surface area contributed by atoms with Crippen molar-refractivity contribution in [2.24, 2.45) is 0 Å². The minimum Gasteiger partial charge on any atom is -0.468 e. The number of esters is 1. The van der Waals surface area contributed by atoms with Crippen molar-refractivity contribution in [1.82, 2.24) is 4.72 Å². The first-order chi connectivity index (χ1) is 7.93. The van der Waals surface area contributed by atoms with Gasteiger partial charge in [-0.05, 0) is 12.8 Å². The quantitative estimate of drug-likeness (QED) is 0.595. The monoisotopic (exact) mass is 267 g/mol. The molecule has 1 heterocycles. The van der Waals surface area contributed by atoms with Crippen LogP contribution < -0.4 is 4.72 Å². The van der Waals surface area contributed by atoms with Crippen molar-refractivity contribution < 1.29 is 27.8 Å². The van der Waals surface area contributed by atoms with E-state index in [-0.39, 0.29) is 6.61 Å². The highest BCUT2D eigenvalue weighted by Crippen LogP contribution is 2.21. The summed E-state index contributed by atoms with van der Waals surface area (Å²) in [6, 6.07) is 0. The van der Waals surface area contributed by atoms with Gasteiger partial charge in [0.05, 0.1) is 19.3 Å². The molecule has 1 saturated heterocycles. The zero-order valence-corrected chi connectivity index (χ0v) is 10.5. The van der Waals surface area contributed by atoms with Crippen molar-refractivity contribution in [3.05, 3.63) is 0 Å². The molecule has 0 radical (unpaired) electrons. The number of aliphatic hydroxyl groups excluding tert-OH is 1. The lowest BCUT2D eigenvalue weighted by molar-refractivity contribution is -0.137. The number of methoxy groups -OCH3 is 1. The van der Waals surface area contributed by atoms with Crippen molar-refractivity contribution in [3.63, 3.8) is 0 Å². The van der Waals surface area contributed by atoms with Crippen LogP contribution in [0.5, 0.6) is 0 Å². The zero-order valence-electron chi connectivity index (χ0n) is 9.64. The smallest absolute Gasteiger partial charge is 0.322 e. The standard InChI is InChI=1S/C9H17NO6S/c1-15-8(12)6-17(13,14)10-9(7-11)2-4-16-5-3-9/h10-11H,2-7H2,1H3. The van der Waals surface area contributed by atoms with Gasteiger partial charge in [-0.1, -0.05) is 0 Å². The van der Waals surface area contributed by atoms with E-state index in [9.17, 15) is 18.3 Å². The third-order valence-corrected chi connectivity index (χ3v) is 4.02. The van der Waals surface area contributed by atoms with Gasteiger partial charge in [-0.15, -0.1) is 0 Å². The average molecular weight is 267 g/mol. The number of nitrogens with one attached hydrogen (secondary N) is 1. The van der Waals surface area contributed by atoms with Crippen LogP contribution in [0, 0.1) is 0 Å². The van der Waals surface area contributed by atoms with Gasteiger partial charge < -0.3 is 14.6 Å². The van der Waals surface area contributed by atoms with E-state index in [0.29, 0.717) is 26.1 Å². The van der Waals surface area contributed by atoms with Gasteiger partial charge in [0, 0.05) is 13.2 Å². The van der Waals surface area contributed by atoms with Crippen LogP contribution in [-0.2, 0) is 24.3 Å². The Morgan fingerprint density at radius 3 is 2.53 bits per heavy atom. The molecule has 1 aliphatic rings. The van der Waals surface area contributed by atoms with Gasteiger partial charge >= 0.3 is 5.97 Å². The highest BCUT2D eigenvalue weighted by atomic mass is 32.2. The largest absolute Gasteiger partial charge is 0.468 e. The summed E-state index contributed by atoms with van der Waals surface area (Å²) >= 11 is 0. The van der Waals surface area contributed by atoms with Gasteiger partial charge in [-0.25, -0.2) is 13.1 Å². The summed E-state index contributed by atoms with van der Waals surface area (Å²) in [7, 11) is -2.68. The van der Waals surface area contributed by atoms with Gasteiger partial charge in [-0.3, -0.25) is 4.79 Å². The highest BCUT2D eigenvalue weighted by Gasteiger charge is 2.36. The molecule has 1 aliphatic heterocycles. The Bertz CT molecular complexity index is 360. The molecule has 8 heteroatoms. The van der Waals surface area contributed by atoms with E-state index >= 15 is 0 Å². The first-order valence-corrected chi connectivity index (χ1v) is 6.85. The van der Waals surface area contributed by atoms with Crippen molar-refractivity contribution in [3.8, 4) is 0 Å². The predicted octanol–water partition coefficient (Wildman–Crippen LogP) is -1.38. The predicted molar refractivity (Wildman–Crippen MR) is 58.8 cm³/mol. The zero-order chi connectivity index (χ0) is 12.9. The maximum Gasteiger partial charge on any atom is 0.322 e. The Hall–Kier alpha value is -0.700. The van der Waals surface area contributed by atoms with Crippen LogP contribution in [0.2, 0.25) is 0 Å². The minimum absolute atomic E-state index is 0.323. The third-order valence-electron chi connectivity index (χ3n) is 2.66.